The molecule has 2 heterocycles. The predicted molar refractivity (Wildman–Crippen MR) is 128 cm³/mol. The van der Waals surface area contributed by atoms with E-state index in [9.17, 15) is 9.59 Å². The predicted octanol–water partition coefficient (Wildman–Crippen LogP) is 3.10. The van der Waals surface area contributed by atoms with Crippen molar-refractivity contribution < 1.29 is 14.2 Å². The second-order valence-electron chi connectivity index (χ2n) is 7.62. The molecule has 2 aromatic carbocycles. The third-order valence-corrected chi connectivity index (χ3v) is 5.35. The topological polar surface area (TPSA) is 84.6 Å². The summed E-state index contributed by atoms with van der Waals surface area (Å²) in [5.74, 6) is 1.61. The normalized spacial score (nSPS) is 10.6. The molecule has 0 saturated carbocycles. The van der Waals surface area contributed by atoms with Gasteiger partial charge in [0, 0.05) is 18.0 Å². The van der Waals surface area contributed by atoms with Gasteiger partial charge in [0.2, 0.25) is 5.88 Å². The Bertz CT molecular complexity index is 1340. The van der Waals surface area contributed by atoms with Gasteiger partial charge in [-0.05, 0) is 41.5 Å². The number of nitrogens with zero attached hydrogens (tertiary/aromatic N) is 3. The fourth-order valence-corrected chi connectivity index (χ4v) is 3.47. The third kappa shape index (κ3) is 5.35. The summed E-state index contributed by atoms with van der Waals surface area (Å²) in [4.78, 5) is 30.4. The average molecular weight is 460 g/mol. The number of rotatable bonds is 9. The van der Waals surface area contributed by atoms with Gasteiger partial charge >= 0.3 is 5.69 Å². The van der Waals surface area contributed by atoms with Crippen LogP contribution in [0, 0.1) is 0 Å². The molecule has 0 bridgehead atoms. The number of methoxy groups -OCH3 is 2. The molecule has 2 aromatic heterocycles. The number of ether oxygens (including phenoxy) is 3. The molecule has 0 aliphatic heterocycles. The minimum atomic E-state index is -0.458. The summed E-state index contributed by atoms with van der Waals surface area (Å²) in [6.07, 6.45) is 3.35. The van der Waals surface area contributed by atoms with Gasteiger partial charge in [-0.2, -0.15) is 0 Å². The van der Waals surface area contributed by atoms with Crippen LogP contribution in [0.2, 0.25) is 0 Å². The van der Waals surface area contributed by atoms with E-state index in [0.717, 1.165) is 16.7 Å². The van der Waals surface area contributed by atoms with E-state index in [4.69, 9.17) is 14.2 Å². The molecule has 0 radical (unpaired) electrons. The van der Waals surface area contributed by atoms with Crippen molar-refractivity contribution in [3.8, 4) is 17.4 Å². The molecule has 0 N–H and O–H groups in total. The number of benzene rings is 2. The number of hydrogen-bond acceptors (Lipinski definition) is 6. The van der Waals surface area contributed by atoms with Crippen molar-refractivity contribution in [2.75, 3.05) is 14.2 Å². The van der Waals surface area contributed by atoms with E-state index in [2.05, 4.69) is 4.98 Å². The Morgan fingerprint density at radius 2 is 1.35 bits per heavy atom. The largest absolute Gasteiger partial charge is 0.497 e. The van der Waals surface area contributed by atoms with E-state index in [1.54, 1.807) is 44.8 Å². The van der Waals surface area contributed by atoms with Crippen LogP contribution in [-0.2, 0) is 19.7 Å². The van der Waals surface area contributed by atoms with Gasteiger partial charge in [0.15, 0.2) is 0 Å². The molecule has 8 nitrogen and oxygen atoms in total. The van der Waals surface area contributed by atoms with Gasteiger partial charge in [-0.15, -0.1) is 0 Å². The first-order chi connectivity index (χ1) is 16.6. The molecule has 34 heavy (non-hydrogen) atoms. The molecular weight excluding hydrogens is 434 g/mol. The highest BCUT2D eigenvalue weighted by molar-refractivity contribution is 5.29. The van der Waals surface area contributed by atoms with Crippen molar-refractivity contribution in [1.29, 1.82) is 0 Å². The monoisotopic (exact) mass is 459 g/mol. The maximum absolute atomic E-state index is 13.5. The quantitative estimate of drug-likeness (QED) is 0.382. The Kier molecular flexibility index (Phi) is 7.07. The van der Waals surface area contributed by atoms with Crippen LogP contribution in [0.4, 0.5) is 0 Å². The Labute approximate surface area is 196 Å². The molecule has 0 fully saturated rings. The van der Waals surface area contributed by atoms with Crippen LogP contribution in [0.3, 0.4) is 0 Å². The molecule has 4 aromatic rings. The van der Waals surface area contributed by atoms with Crippen molar-refractivity contribution >= 4 is 0 Å². The SMILES string of the molecule is COc1ccc(Cn2c(OCc3cccnc3)cc(=O)n(Cc3ccc(OC)cc3)c2=O)cc1. The summed E-state index contributed by atoms with van der Waals surface area (Å²) in [6.45, 7) is 0.541. The van der Waals surface area contributed by atoms with Crippen molar-refractivity contribution in [3.63, 3.8) is 0 Å². The molecule has 0 spiro atoms. The van der Waals surface area contributed by atoms with Gasteiger partial charge in [0.25, 0.3) is 5.56 Å². The highest BCUT2D eigenvalue weighted by Gasteiger charge is 2.14. The lowest BCUT2D eigenvalue weighted by atomic mass is 10.2. The third-order valence-electron chi connectivity index (χ3n) is 5.35. The van der Waals surface area contributed by atoms with Crippen molar-refractivity contribution in [2.45, 2.75) is 19.7 Å². The zero-order valence-electron chi connectivity index (χ0n) is 19.0. The maximum atomic E-state index is 13.5. The van der Waals surface area contributed by atoms with Gasteiger partial charge < -0.3 is 14.2 Å². The Hall–Kier alpha value is -4.33. The van der Waals surface area contributed by atoms with Crippen molar-refractivity contribution in [3.05, 3.63) is 117 Å². The summed E-state index contributed by atoms with van der Waals surface area (Å²) in [5, 5.41) is 0. The van der Waals surface area contributed by atoms with Crippen LogP contribution in [0.1, 0.15) is 16.7 Å². The summed E-state index contributed by atoms with van der Waals surface area (Å²) in [5.41, 5.74) is 1.60. The van der Waals surface area contributed by atoms with E-state index in [1.807, 2.05) is 42.5 Å². The lowest BCUT2D eigenvalue weighted by Gasteiger charge is -2.16. The summed E-state index contributed by atoms with van der Waals surface area (Å²) < 4.78 is 19.0. The number of hydrogen-bond donors (Lipinski definition) is 0. The minimum Gasteiger partial charge on any atom is -0.497 e. The summed E-state index contributed by atoms with van der Waals surface area (Å²) in [7, 11) is 3.18. The fraction of sp³-hybridized carbons (Fsp3) is 0.192. The molecule has 0 atom stereocenters. The van der Waals surface area contributed by atoms with Crippen LogP contribution in [0.5, 0.6) is 17.4 Å². The molecule has 0 amide bonds. The summed E-state index contributed by atoms with van der Waals surface area (Å²) >= 11 is 0. The van der Waals surface area contributed by atoms with E-state index < -0.39 is 11.2 Å². The lowest BCUT2D eigenvalue weighted by molar-refractivity contribution is 0.271. The Morgan fingerprint density at radius 1 is 0.765 bits per heavy atom. The Morgan fingerprint density at radius 3 is 1.88 bits per heavy atom. The first-order valence-corrected chi connectivity index (χ1v) is 10.7. The van der Waals surface area contributed by atoms with Gasteiger partial charge in [0.05, 0.1) is 33.4 Å². The average Bonchev–Trinajstić information content (AvgIpc) is 2.88. The van der Waals surface area contributed by atoms with Gasteiger partial charge in [-0.1, -0.05) is 30.3 Å². The smallest absolute Gasteiger partial charge is 0.334 e. The van der Waals surface area contributed by atoms with Crippen LogP contribution in [0.15, 0.2) is 88.7 Å². The van der Waals surface area contributed by atoms with E-state index >= 15 is 0 Å². The molecule has 0 saturated heterocycles. The fourth-order valence-electron chi connectivity index (χ4n) is 3.47. The highest BCUT2D eigenvalue weighted by atomic mass is 16.5. The Balaban J connectivity index is 1.70. The van der Waals surface area contributed by atoms with Crippen molar-refractivity contribution in [1.82, 2.24) is 14.1 Å². The van der Waals surface area contributed by atoms with Gasteiger partial charge in [0.1, 0.15) is 18.1 Å². The molecule has 0 unspecified atom stereocenters. The van der Waals surface area contributed by atoms with Crippen LogP contribution >= 0.6 is 0 Å². The molecule has 0 aliphatic rings. The standard InChI is InChI=1S/C26H25N3O5/c1-32-22-9-5-19(6-10-22)16-28-24(30)14-25(34-18-21-4-3-13-27-15-21)29(26(28)31)17-20-7-11-23(33-2)12-8-20/h3-15H,16-18H2,1-2H3. The number of aromatic nitrogens is 3. The maximum Gasteiger partial charge on any atom is 0.334 e. The zero-order valence-corrected chi connectivity index (χ0v) is 19.0. The minimum absolute atomic E-state index is 0.132. The summed E-state index contributed by atoms with van der Waals surface area (Å²) in [6, 6.07) is 19.6. The van der Waals surface area contributed by atoms with Crippen LogP contribution < -0.4 is 25.5 Å². The molecule has 174 valence electrons. The highest BCUT2D eigenvalue weighted by Crippen LogP contribution is 2.16. The van der Waals surface area contributed by atoms with Crippen LogP contribution in [-0.4, -0.2) is 28.3 Å². The first kappa shape index (κ1) is 22.8. The second-order valence-corrected chi connectivity index (χ2v) is 7.62. The second kappa shape index (κ2) is 10.5. The zero-order chi connectivity index (χ0) is 23.9. The van der Waals surface area contributed by atoms with Crippen molar-refractivity contribution in [2.24, 2.45) is 0 Å². The molecule has 0 aliphatic carbocycles. The van der Waals surface area contributed by atoms with Gasteiger partial charge in [-0.3, -0.25) is 18.9 Å². The molecule has 4 rings (SSSR count). The lowest BCUT2D eigenvalue weighted by Crippen LogP contribution is -2.40. The molecule has 8 heteroatoms. The van der Waals surface area contributed by atoms with E-state index in [0.29, 0.717) is 11.5 Å². The number of pyridine rings is 1. The van der Waals surface area contributed by atoms with Crippen LogP contribution in [0.25, 0.3) is 0 Å². The molecular formula is C26H25N3O5. The van der Waals surface area contributed by atoms with Gasteiger partial charge in [-0.25, -0.2) is 4.79 Å². The van der Waals surface area contributed by atoms with E-state index in [-0.39, 0.29) is 25.6 Å². The van der Waals surface area contributed by atoms with E-state index in [1.165, 1.54) is 15.2 Å². The first-order valence-electron chi connectivity index (χ1n) is 10.7.